The molecule has 1 saturated heterocycles. The number of hydrogen-bond donors (Lipinski definition) is 0. The molecule has 3 aromatic rings. The summed E-state index contributed by atoms with van der Waals surface area (Å²) >= 11 is 12.4. The number of ether oxygens (including phenoxy) is 1. The van der Waals surface area contributed by atoms with Gasteiger partial charge >= 0.3 is 0 Å². The first kappa shape index (κ1) is 21.5. The van der Waals surface area contributed by atoms with Crippen molar-refractivity contribution in [3.63, 3.8) is 0 Å². The van der Waals surface area contributed by atoms with Crippen LogP contribution in [0.2, 0.25) is 10.0 Å². The van der Waals surface area contributed by atoms with Crippen molar-refractivity contribution in [1.29, 1.82) is 0 Å². The van der Waals surface area contributed by atoms with E-state index >= 15 is 0 Å². The SMILES string of the molecule is COc1cc(-n2cnnn2)c(Cl)cc1C(=O)N1CCCN(Cc2ccc(Cl)cc2)CC1. The fourth-order valence-electron chi connectivity index (χ4n) is 3.68. The van der Waals surface area contributed by atoms with E-state index in [1.165, 1.54) is 23.7 Å². The largest absolute Gasteiger partial charge is 0.496 e. The number of hydrogen-bond acceptors (Lipinski definition) is 6. The highest BCUT2D eigenvalue weighted by molar-refractivity contribution is 6.33. The normalized spacial score (nSPS) is 15.0. The zero-order chi connectivity index (χ0) is 21.8. The summed E-state index contributed by atoms with van der Waals surface area (Å²) in [6, 6.07) is 11.2. The molecule has 31 heavy (non-hydrogen) atoms. The van der Waals surface area contributed by atoms with Gasteiger partial charge in [-0.1, -0.05) is 35.3 Å². The topological polar surface area (TPSA) is 76.4 Å². The van der Waals surface area contributed by atoms with Crippen LogP contribution in [0.4, 0.5) is 0 Å². The van der Waals surface area contributed by atoms with Gasteiger partial charge in [0, 0.05) is 43.8 Å². The zero-order valence-electron chi connectivity index (χ0n) is 17.0. The van der Waals surface area contributed by atoms with Crippen molar-refractivity contribution in [3.8, 4) is 11.4 Å². The Bertz CT molecular complexity index is 1040. The van der Waals surface area contributed by atoms with E-state index in [1.807, 2.05) is 29.2 Å². The molecule has 0 radical (unpaired) electrons. The minimum absolute atomic E-state index is 0.102. The van der Waals surface area contributed by atoms with Gasteiger partial charge in [-0.2, -0.15) is 4.68 Å². The van der Waals surface area contributed by atoms with Crippen LogP contribution in [0.1, 0.15) is 22.3 Å². The Labute approximate surface area is 190 Å². The number of carbonyl (C=O) groups is 1. The van der Waals surface area contributed by atoms with Crippen molar-refractivity contribution < 1.29 is 9.53 Å². The molecule has 10 heteroatoms. The van der Waals surface area contributed by atoms with Crippen LogP contribution in [0.15, 0.2) is 42.7 Å². The third-order valence-electron chi connectivity index (χ3n) is 5.29. The van der Waals surface area contributed by atoms with Crippen LogP contribution in [0, 0.1) is 0 Å². The van der Waals surface area contributed by atoms with Crippen molar-refractivity contribution in [3.05, 3.63) is 63.9 Å². The molecule has 0 saturated carbocycles. The lowest BCUT2D eigenvalue weighted by atomic mass is 10.1. The Morgan fingerprint density at radius 1 is 1.10 bits per heavy atom. The van der Waals surface area contributed by atoms with Crippen LogP contribution in [0.3, 0.4) is 0 Å². The molecule has 8 nitrogen and oxygen atoms in total. The van der Waals surface area contributed by atoms with Gasteiger partial charge in [0.05, 0.1) is 23.4 Å². The zero-order valence-corrected chi connectivity index (χ0v) is 18.6. The Morgan fingerprint density at radius 3 is 2.61 bits per heavy atom. The summed E-state index contributed by atoms with van der Waals surface area (Å²) in [5.41, 5.74) is 2.18. The van der Waals surface area contributed by atoms with E-state index in [4.69, 9.17) is 27.9 Å². The van der Waals surface area contributed by atoms with E-state index in [0.717, 1.165) is 31.1 Å². The second kappa shape index (κ2) is 9.64. The number of tetrazole rings is 1. The lowest BCUT2D eigenvalue weighted by Crippen LogP contribution is -2.35. The van der Waals surface area contributed by atoms with Crippen molar-refractivity contribution >= 4 is 29.1 Å². The van der Waals surface area contributed by atoms with E-state index in [0.29, 0.717) is 35.1 Å². The number of benzene rings is 2. The number of halogens is 2. The molecule has 0 atom stereocenters. The Balaban J connectivity index is 1.48. The smallest absolute Gasteiger partial charge is 0.257 e. The number of aromatic nitrogens is 4. The molecule has 0 unspecified atom stereocenters. The highest BCUT2D eigenvalue weighted by Gasteiger charge is 2.24. The summed E-state index contributed by atoms with van der Waals surface area (Å²) in [6.45, 7) is 3.83. The van der Waals surface area contributed by atoms with Gasteiger partial charge in [0.2, 0.25) is 0 Å². The summed E-state index contributed by atoms with van der Waals surface area (Å²) in [5, 5.41) is 12.2. The van der Waals surface area contributed by atoms with Crippen LogP contribution in [0.25, 0.3) is 5.69 Å². The molecule has 2 heterocycles. The monoisotopic (exact) mass is 460 g/mol. The number of amides is 1. The molecule has 1 fully saturated rings. The number of nitrogens with zero attached hydrogens (tertiary/aromatic N) is 6. The summed E-state index contributed by atoms with van der Waals surface area (Å²) in [7, 11) is 1.53. The van der Waals surface area contributed by atoms with Gasteiger partial charge in [0.25, 0.3) is 5.91 Å². The molecule has 0 aliphatic carbocycles. The van der Waals surface area contributed by atoms with Gasteiger partial charge in [0.1, 0.15) is 12.1 Å². The van der Waals surface area contributed by atoms with E-state index < -0.39 is 0 Å². The lowest BCUT2D eigenvalue weighted by molar-refractivity contribution is 0.0757. The quantitative estimate of drug-likeness (QED) is 0.580. The van der Waals surface area contributed by atoms with Crippen LogP contribution >= 0.6 is 23.2 Å². The molecule has 0 bridgehead atoms. The van der Waals surface area contributed by atoms with Crippen LogP contribution in [0.5, 0.6) is 5.75 Å². The van der Waals surface area contributed by atoms with Crippen LogP contribution in [-0.4, -0.2) is 69.2 Å². The van der Waals surface area contributed by atoms with Crippen LogP contribution < -0.4 is 4.74 Å². The summed E-state index contributed by atoms with van der Waals surface area (Å²) < 4.78 is 6.91. The first-order chi connectivity index (χ1) is 15.0. The summed E-state index contributed by atoms with van der Waals surface area (Å²) in [4.78, 5) is 17.5. The summed E-state index contributed by atoms with van der Waals surface area (Å²) in [6.07, 6.45) is 2.32. The second-order valence-corrected chi connectivity index (χ2v) is 8.15. The van der Waals surface area contributed by atoms with Crippen molar-refractivity contribution in [1.82, 2.24) is 30.0 Å². The molecular formula is C21H22Cl2N6O2. The third kappa shape index (κ3) is 4.98. The molecule has 1 aromatic heterocycles. The Morgan fingerprint density at radius 2 is 1.90 bits per heavy atom. The van der Waals surface area contributed by atoms with Crippen molar-refractivity contribution in [2.75, 3.05) is 33.3 Å². The minimum atomic E-state index is -0.102. The van der Waals surface area contributed by atoms with Gasteiger partial charge in [0.15, 0.2) is 0 Å². The first-order valence-electron chi connectivity index (χ1n) is 9.92. The van der Waals surface area contributed by atoms with Gasteiger partial charge in [-0.3, -0.25) is 9.69 Å². The molecule has 0 N–H and O–H groups in total. The molecule has 2 aromatic carbocycles. The second-order valence-electron chi connectivity index (χ2n) is 7.31. The van der Waals surface area contributed by atoms with E-state index in [-0.39, 0.29) is 5.91 Å². The molecule has 0 spiro atoms. The predicted octanol–water partition coefficient (Wildman–Crippen LogP) is 3.33. The Hall–Kier alpha value is -2.68. The first-order valence-corrected chi connectivity index (χ1v) is 10.7. The molecule has 162 valence electrons. The number of carbonyl (C=O) groups excluding carboxylic acids is 1. The van der Waals surface area contributed by atoms with Gasteiger partial charge in [-0.25, -0.2) is 0 Å². The molecule has 1 aliphatic heterocycles. The van der Waals surface area contributed by atoms with Crippen LogP contribution in [-0.2, 0) is 6.54 Å². The van der Waals surface area contributed by atoms with Crippen molar-refractivity contribution in [2.45, 2.75) is 13.0 Å². The maximum atomic E-state index is 13.3. The van der Waals surface area contributed by atoms with E-state index in [9.17, 15) is 4.79 Å². The van der Waals surface area contributed by atoms with Gasteiger partial charge in [-0.15, -0.1) is 5.10 Å². The van der Waals surface area contributed by atoms with Crippen molar-refractivity contribution in [2.24, 2.45) is 0 Å². The highest BCUT2D eigenvalue weighted by Crippen LogP contribution is 2.30. The highest BCUT2D eigenvalue weighted by atomic mass is 35.5. The summed E-state index contributed by atoms with van der Waals surface area (Å²) in [5.74, 6) is 0.331. The van der Waals surface area contributed by atoms with E-state index in [1.54, 1.807) is 12.1 Å². The molecule has 1 amide bonds. The molecular weight excluding hydrogens is 439 g/mol. The number of rotatable bonds is 5. The molecule has 4 rings (SSSR count). The minimum Gasteiger partial charge on any atom is -0.496 e. The molecule has 1 aliphatic rings. The maximum Gasteiger partial charge on any atom is 0.257 e. The average molecular weight is 461 g/mol. The number of methoxy groups -OCH3 is 1. The van der Waals surface area contributed by atoms with Gasteiger partial charge in [-0.05, 0) is 40.6 Å². The fourth-order valence-corrected chi connectivity index (χ4v) is 4.05. The standard InChI is InChI=1S/C21H22Cl2N6O2/c1-31-20-12-19(29-14-24-25-26-29)18(23)11-17(20)21(30)28-8-2-7-27(9-10-28)13-15-3-5-16(22)6-4-15/h3-6,11-12,14H,2,7-10,13H2,1H3. The van der Waals surface area contributed by atoms with E-state index in [2.05, 4.69) is 20.4 Å². The third-order valence-corrected chi connectivity index (χ3v) is 5.85. The Kier molecular flexibility index (Phi) is 6.70. The average Bonchev–Trinajstić information content (AvgIpc) is 3.21. The maximum absolute atomic E-state index is 13.3. The van der Waals surface area contributed by atoms with Gasteiger partial charge < -0.3 is 9.64 Å². The fraction of sp³-hybridized carbons (Fsp3) is 0.333. The lowest BCUT2D eigenvalue weighted by Gasteiger charge is -2.23. The predicted molar refractivity (Wildman–Crippen MR) is 118 cm³/mol.